The zero-order valence-electron chi connectivity index (χ0n) is 10.8. The number of thioether (sulfide) groups is 1. The van der Waals surface area contributed by atoms with Gasteiger partial charge in [-0.25, -0.2) is 0 Å². The van der Waals surface area contributed by atoms with Gasteiger partial charge in [-0.2, -0.15) is 0 Å². The van der Waals surface area contributed by atoms with Gasteiger partial charge in [-0.1, -0.05) is 0 Å². The average molecular weight is 467 g/mol. The van der Waals surface area contributed by atoms with Crippen LogP contribution < -0.4 is 5.32 Å². The van der Waals surface area contributed by atoms with E-state index < -0.39 is 0 Å². The van der Waals surface area contributed by atoms with Gasteiger partial charge in [-0.3, -0.25) is 0 Å². The van der Waals surface area contributed by atoms with Crippen LogP contribution >= 0.6 is 11.8 Å². The fourth-order valence-corrected chi connectivity index (χ4v) is 8.87. The molecule has 0 aromatic carbocycles. The van der Waals surface area contributed by atoms with Crippen molar-refractivity contribution in [1.82, 2.24) is 10.2 Å². The van der Waals surface area contributed by atoms with Gasteiger partial charge >= 0.3 is 138 Å². The van der Waals surface area contributed by atoms with Crippen LogP contribution in [0.2, 0.25) is 0 Å². The first-order chi connectivity index (χ1) is 8.03. The number of hydrogen-bond acceptors (Lipinski definition) is 4. The number of amidine groups is 1. The van der Waals surface area contributed by atoms with E-state index in [1.807, 2.05) is 7.05 Å². The van der Waals surface area contributed by atoms with E-state index in [1.54, 1.807) is 11.8 Å². The number of piperidine rings is 1. The fourth-order valence-electron chi connectivity index (χ4n) is 2.54. The van der Waals surface area contributed by atoms with E-state index in [4.69, 9.17) is 0 Å². The van der Waals surface area contributed by atoms with Crippen molar-refractivity contribution in [3.8, 4) is 0 Å². The quantitative estimate of drug-likeness (QED) is 0.645. The Balaban J connectivity index is 1.93. The number of amides is 1. The molecular formula is C11H19N3ORaS. The van der Waals surface area contributed by atoms with E-state index in [2.05, 4.69) is 22.3 Å². The molecule has 0 aromatic heterocycles. The van der Waals surface area contributed by atoms with Gasteiger partial charge in [-0.15, -0.1) is 0 Å². The van der Waals surface area contributed by atoms with Gasteiger partial charge in [0.15, 0.2) is 0 Å². The van der Waals surface area contributed by atoms with Crippen molar-refractivity contribution in [3.05, 3.63) is 0 Å². The molecule has 0 saturated carbocycles. The first kappa shape index (κ1) is 14.3. The van der Waals surface area contributed by atoms with Crippen LogP contribution in [0.5, 0.6) is 0 Å². The maximum atomic E-state index is 12.0. The first-order valence-electron chi connectivity index (χ1n) is 6.22. The summed E-state index contributed by atoms with van der Waals surface area (Å²) in [5.41, 5.74) is 0. The average Bonchev–Trinajstić information content (AvgIpc) is 2.58. The van der Waals surface area contributed by atoms with Crippen LogP contribution in [-0.2, 0) is 4.79 Å². The monoisotopic (exact) mass is 467 g/mol. The molecule has 0 radical (unpaired) electrons. The second-order valence-corrected chi connectivity index (χ2v) is 16.7. The molecule has 1 saturated heterocycles. The van der Waals surface area contributed by atoms with Gasteiger partial charge in [0, 0.05) is 0 Å². The molecule has 92 valence electrons. The Morgan fingerprint density at radius 1 is 1.59 bits per heavy atom. The van der Waals surface area contributed by atoms with Crippen molar-refractivity contribution in [2.75, 3.05) is 27.2 Å². The van der Waals surface area contributed by atoms with Crippen molar-refractivity contribution in [2.45, 2.75) is 19.1 Å². The molecule has 0 spiro atoms. The predicted octanol–water partition coefficient (Wildman–Crippen LogP) is 0.545. The molecule has 6 heteroatoms. The molecule has 0 aromatic rings. The SMILES string of the molecule is CNC1=NC(=O)[C]([RaH])(CC2CCN(C)CC2)S1. The van der Waals surface area contributed by atoms with Crippen molar-refractivity contribution < 1.29 is 47.6 Å². The van der Waals surface area contributed by atoms with E-state index in [1.165, 1.54) is 25.9 Å². The standard InChI is InChI=1S/C11H18N3OS.Ra.H/c1-12-11-13-10(15)9(16-11)7-8-3-5-14(2)6-4-8;;/h8H,3-7H2,1-2H3,(H,12,13,15);;. The van der Waals surface area contributed by atoms with Crippen LogP contribution in [0.4, 0.5) is 0 Å². The molecule has 2 heterocycles. The summed E-state index contributed by atoms with van der Waals surface area (Å²) in [5, 5.41) is 3.84. The molecule has 2 rings (SSSR count). The van der Waals surface area contributed by atoms with E-state index in [0.29, 0.717) is 0 Å². The first-order valence-corrected chi connectivity index (χ1v) is 11.1. The fraction of sp³-hybridized carbons (Fsp3) is 0.818. The van der Waals surface area contributed by atoms with Crippen LogP contribution in [0, 0.1) is 48.7 Å². The molecule has 0 aliphatic carbocycles. The number of aliphatic imine (C=N–C) groups is 1. The number of rotatable bonds is 2. The number of carbonyl (C=O) groups excluding carboxylic acids is 1. The molecule has 1 fully saturated rings. The Labute approximate surface area is 136 Å². The van der Waals surface area contributed by atoms with E-state index in [-0.39, 0.29) is 48.5 Å². The minimum atomic E-state index is -0.105. The molecule has 0 bridgehead atoms. The molecule has 1 unspecified atom stereocenters. The maximum absolute atomic E-state index is 12.0. The number of carbonyl (C=O) groups is 1. The van der Waals surface area contributed by atoms with Crippen LogP contribution in [0.3, 0.4) is 0 Å². The van der Waals surface area contributed by atoms with Gasteiger partial charge < -0.3 is 0 Å². The molecule has 2 aliphatic rings. The summed E-state index contributed by atoms with van der Waals surface area (Å²) in [6.45, 7) is 2.36. The Morgan fingerprint density at radius 3 is 2.76 bits per heavy atom. The summed E-state index contributed by atoms with van der Waals surface area (Å²) in [6, 6.07) is 0. The molecule has 1 amide bonds. The zero-order chi connectivity index (χ0) is 12.5. The summed E-state index contributed by atoms with van der Waals surface area (Å²) < 4.78 is -0.105. The van der Waals surface area contributed by atoms with Gasteiger partial charge in [0.25, 0.3) is 0 Å². The third-order valence-corrected chi connectivity index (χ3v) is 10.9. The number of hydrogen-bond donors (Lipinski definition) is 1. The Bertz CT molecular complexity index is 342. The van der Waals surface area contributed by atoms with E-state index in [0.717, 1.165) is 17.5 Å². The Kier molecular flexibility index (Phi) is 4.99. The third kappa shape index (κ3) is 3.47. The zero-order valence-corrected chi connectivity index (χ0v) is 19.9. The van der Waals surface area contributed by atoms with Crippen molar-refractivity contribution in [2.24, 2.45) is 10.9 Å². The minimum absolute atomic E-state index is 0.105. The number of nitrogens with one attached hydrogen (secondary N) is 1. The van der Waals surface area contributed by atoms with Gasteiger partial charge in [0.2, 0.25) is 0 Å². The van der Waals surface area contributed by atoms with E-state index >= 15 is 0 Å². The number of nitrogens with zero attached hydrogens (tertiary/aromatic N) is 2. The second kappa shape index (κ2) is 5.92. The van der Waals surface area contributed by atoms with Crippen LogP contribution in [0.15, 0.2) is 4.99 Å². The van der Waals surface area contributed by atoms with Crippen LogP contribution in [0.25, 0.3) is 0 Å². The van der Waals surface area contributed by atoms with Crippen molar-refractivity contribution >= 4 is 22.8 Å². The summed E-state index contributed by atoms with van der Waals surface area (Å²) >= 11 is 1.82. The van der Waals surface area contributed by atoms with Gasteiger partial charge in [0.1, 0.15) is 0 Å². The van der Waals surface area contributed by atoms with Gasteiger partial charge in [0.05, 0.1) is 0 Å². The Hall–Kier alpha value is 0.918. The second-order valence-electron chi connectivity index (χ2n) is 5.26. The predicted molar refractivity (Wildman–Crippen MR) is 68.1 cm³/mol. The van der Waals surface area contributed by atoms with Crippen molar-refractivity contribution in [1.29, 1.82) is 0 Å². The molecule has 1 atom stereocenters. The Morgan fingerprint density at radius 2 is 2.24 bits per heavy atom. The molecular weight excluding hydrogens is 448 g/mol. The molecule has 4 nitrogen and oxygen atoms in total. The topological polar surface area (TPSA) is 44.7 Å². The molecule has 1 N–H and O–H groups in total. The number of likely N-dealkylation sites (tertiary alicyclic amines) is 1. The van der Waals surface area contributed by atoms with Crippen molar-refractivity contribution in [3.63, 3.8) is 0 Å². The summed E-state index contributed by atoms with van der Waals surface area (Å²) in [7, 11) is 4.02. The molecule has 2 aliphatic heterocycles. The third-order valence-electron chi connectivity index (χ3n) is 3.71. The van der Waals surface area contributed by atoms with Crippen LogP contribution in [-0.4, -0.2) is 42.9 Å². The summed E-state index contributed by atoms with van der Waals surface area (Å²) in [5.74, 6) is 0.858. The normalized spacial score (nSPS) is 31.6. The molecule has 17 heavy (non-hydrogen) atoms. The summed E-state index contributed by atoms with van der Waals surface area (Å²) in [4.78, 5) is 18.5. The van der Waals surface area contributed by atoms with E-state index in [9.17, 15) is 4.79 Å². The van der Waals surface area contributed by atoms with Crippen LogP contribution in [0.1, 0.15) is 19.3 Å². The van der Waals surface area contributed by atoms with Gasteiger partial charge in [-0.05, 0) is 0 Å². The summed E-state index contributed by atoms with van der Waals surface area (Å²) in [6.07, 6.45) is 3.54.